The smallest absolute Gasteiger partial charge is 0.289 e. The molecule has 0 unspecified atom stereocenters. The van der Waals surface area contributed by atoms with Gasteiger partial charge in [0.2, 0.25) is 29.4 Å². The summed E-state index contributed by atoms with van der Waals surface area (Å²) in [4.78, 5) is 79.7. The molecule has 0 aromatic rings. The summed E-state index contributed by atoms with van der Waals surface area (Å²) in [5.74, 6) is -3.57. The third kappa shape index (κ3) is 6.66. The minimum absolute atomic E-state index is 0.00451. The Morgan fingerprint density at radius 1 is 1.05 bits per heavy atom. The average Bonchev–Trinajstić information content (AvgIpc) is 3.18. The molecule has 224 valence electrons. The minimum Gasteiger partial charge on any atom is -0.356 e. The lowest BCUT2D eigenvalue weighted by Crippen LogP contribution is -2.60. The monoisotopic (exact) mass is 561 g/mol. The number of likely N-dealkylation sites (N-methyl/N-ethyl adjacent to an activating group) is 1. The summed E-state index contributed by atoms with van der Waals surface area (Å²) in [7, 11) is 1.33. The Labute approximate surface area is 237 Å². The number of piperidine rings is 1. The molecule has 0 bridgehead atoms. The molecule has 3 aliphatic rings. The highest BCUT2D eigenvalue weighted by atomic mass is 16.2. The second-order valence-corrected chi connectivity index (χ2v) is 14.5. The molecule has 11 nitrogen and oxygen atoms in total. The number of Topliss-reactive ketones (excluding diaryl/α,β-unsaturated/α-hetero) is 1. The quantitative estimate of drug-likeness (QED) is 0.305. The maximum Gasteiger partial charge on any atom is 0.289 e. The molecule has 2 heterocycles. The topological polar surface area (TPSA) is 154 Å². The number of fused-ring (bicyclic) bond motifs is 1. The molecule has 3 rings (SSSR count). The molecule has 0 aromatic heterocycles. The van der Waals surface area contributed by atoms with Crippen molar-refractivity contribution in [1.82, 2.24) is 26.2 Å². The van der Waals surface area contributed by atoms with Crippen LogP contribution in [0.25, 0.3) is 0 Å². The molecule has 3 fully saturated rings. The number of carbonyl (C=O) groups excluding carboxylic acids is 6. The zero-order valence-corrected chi connectivity index (χ0v) is 25.4. The van der Waals surface area contributed by atoms with Crippen LogP contribution in [-0.4, -0.2) is 78.5 Å². The van der Waals surface area contributed by atoms with Gasteiger partial charge in [0.15, 0.2) is 0 Å². The first-order chi connectivity index (χ1) is 18.3. The molecule has 1 saturated carbocycles. The third-order valence-electron chi connectivity index (χ3n) is 8.64. The van der Waals surface area contributed by atoms with Gasteiger partial charge >= 0.3 is 0 Å². The van der Waals surface area contributed by atoms with E-state index in [-0.39, 0.29) is 53.2 Å². The van der Waals surface area contributed by atoms with Gasteiger partial charge in [0, 0.05) is 32.5 Å². The Bertz CT molecular complexity index is 1070. The van der Waals surface area contributed by atoms with Crippen molar-refractivity contribution in [2.75, 3.05) is 20.1 Å². The highest BCUT2D eigenvalue weighted by molar-refractivity contribution is 6.38. The lowest BCUT2D eigenvalue weighted by Gasteiger charge is -2.38. The zero-order valence-electron chi connectivity index (χ0n) is 25.4. The number of amides is 5. The fraction of sp³-hybridized carbons (Fsp3) is 0.793. The number of carbonyl (C=O) groups is 6. The Kier molecular flexibility index (Phi) is 8.77. The molecule has 0 radical (unpaired) electrons. The average molecular weight is 562 g/mol. The summed E-state index contributed by atoms with van der Waals surface area (Å²) in [6.07, 6.45) is 0.738. The number of nitrogens with one attached hydrogen (secondary N) is 4. The van der Waals surface area contributed by atoms with Gasteiger partial charge in [-0.3, -0.25) is 28.8 Å². The maximum absolute atomic E-state index is 14.0. The summed E-state index contributed by atoms with van der Waals surface area (Å²) in [5.41, 5.74) is -1.07. The number of ketones is 1. The van der Waals surface area contributed by atoms with Gasteiger partial charge in [-0.1, -0.05) is 55.4 Å². The number of hydrogen-bond donors (Lipinski definition) is 4. The first-order valence-electron chi connectivity index (χ1n) is 14.2. The van der Waals surface area contributed by atoms with Crippen molar-refractivity contribution < 1.29 is 28.8 Å². The Hall–Kier alpha value is -2.98. The van der Waals surface area contributed by atoms with E-state index < -0.39 is 47.1 Å². The van der Waals surface area contributed by atoms with Crippen LogP contribution in [0.15, 0.2) is 0 Å². The Balaban J connectivity index is 1.87. The van der Waals surface area contributed by atoms with E-state index in [1.807, 2.05) is 55.4 Å². The fourth-order valence-corrected chi connectivity index (χ4v) is 6.25. The zero-order chi connectivity index (χ0) is 30.4. The first kappa shape index (κ1) is 31.5. The van der Waals surface area contributed by atoms with Crippen LogP contribution in [0.3, 0.4) is 0 Å². The third-order valence-corrected chi connectivity index (χ3v) is 8.64. The number of likely N-dealkylation sites (tertiary alicyclic amines) is 1. The van der Waals surface area contributed by atoms with E-state index in [2.05, 4.69) is 21.3 Å². The van der Waals surface area contributed by atoms with Crippen LogP contribution in [0.1, 0.15) is 74.7 Å². The van der Waals surface area contributed by atoms with Crippen molar-refractivity contribution in [2.45, 2.75) is 92.8 Å². The van der Waals surface area contributed by atoms with E-state index in [1.54, 1.807) is 0 Å². The van der Waals surface area contributed by atoms with Crippen LogP contribution < -0.4 is 21.3 Å². The van der Waals surface area contributed by atoms with E-state index >= 15 is 0 Å². The molecule has 1 aliphatic carbocycles. The lowest BCUT2D eigenvalue weighted by molar-refractivity contribution is -0.147. The van der Waals surface area contributed by atoms with E-state index in [0.29, 0.717) is 19.5 Å². The molecule has 2 saturated heterocycles. The van der Waals surface area contributed by atoms with E-state index in [0.717, 1.165) is 0 Å². The van der Waals surface area contributed by atoms with Crippen molar-refractivity contribution in [3.05, 3.63) is 0 Å². The van der Waals surface area contributed by atoms with Crippen molar-refractivity contribution in [2.24, 2.45) is 34.0 Å². The summed E-state index contributed by atoms with van der Waals surface area (Å²) in [6, 6.07) is -2.93. The van der Waals surface area contributed by atoms with Gasteiger partial charge in [-0.05, 0) is 40.9 Å². The van der Waals surface area contributed by atoms with Crippen molar-refractivity contribution in [3.8, 4) is 0 Å². The van der Waals surface area contributed by atoms with Gasteiger partial charge in [-0.2, -0.15) is 0 Å². The van der Waals surface area contributed by atoms with Crippen LogP contribution in [-0.2, 0) is 28.8 Å². The number of hydrogen-bond acceptors (Lipinski definition) is 6. The summed E-state index contributed by atoms with van der Waals surface area (Å²) >= 11 is 0. The van der Waals surface area contributed by atoms with Gasteiger partial charge in [0.05, 0.1) is 6.04 Å². The van der Waals surface area contributed by atoms with E-state index in [9.17, 15) is 28.8 Å². The van der Waals surface area contributed by atoms with Crippen molar-refractivity contribution in [3.63, 3.8) is 0 Å². The molecule has 40 heavy (non-hydrogen) atoms. The molecular formula is C29H47N5O6. The normalized spacial score (nSPS) is 26.7. The van der Waals surface area contributed by atoms with Gasteiger partial charge in [0.25, 0.3) is 5.91 Å². The molecule has 2 aliphatic heterocycles. The van der Waals surface area contributed by atoms with Gasteiger partial charge in [0.1, 0.15) is 12.1 Å². The van der Waals surface area contributed by atoms with E-state index in [4.69, 9.17) is 0 Å². The summed E-state index contributed by atoms with van der Waals surface area (Å²) in [5, 5.41) is 10.7. The highest BCUT2D eigenvalue weighted by Gasteiger charge is 2.70. The molecule has 5 amide bonds. The van der Waals surface area contributed by atoms with Crippen LogP contribution in [0.2, 0.25) is 0 Å². The second kappa shape index (κ2) is 11.1. The lowest BCUT2D eigenvalue weighted by atomic mass is 9.84. The SMILES string of the molecule is CNC(=O)C(=O)[C@H](C[C@@H]1CCNC1=O)NC(=O)[C@@H]1[C@@H]2[C@H](CN1C(=O)[C@@H](NC(=O)CC(C)(C)C)C(C)(C)C)C2(C)C. The van der Waals surface area contributed by atoms with Crippen LogP contribution in [0.4, 0.5) is 0 Å². The van der Waals surface area contributed by atoms with Gasteiger partial charge in [-0.25, -0.2) is 0 Å². The molecule has 11 heteroatoms. The summed E-state index contributed by atoms with van der Waals surface area (Å²) < 4.78 is 0. The van der Waals surface area contributed by atoms with Crippen molar-refractivity contribution in [1.29, 1.82) is 0 Å². The molecular weight excluding hydrogens is 514 g/mol. The largest absolute Gasteiger partial charge is 0.356 e. The van der Waals surface area contributed by atoms with Crippen LogP contribution in [0, 0.1) is 34.0 Å². The Morgan fingerprint density at radius 3 is 2.17 bits per heavy atom. The second-order valence-electron chi connectivity index (χ2n) is 14.5. The van der Waals surface area contributed by atoms with Crippen LogP contribution in [0.5, 0.6) is 0 Å². The highest BCUT2D eigenvalue weighted by Crippen LogP contribution is 2.65. The standard InChI is InChI=1S/C29H47N5O6/c1-27(2,3)13-18(35)33-22(28(4,5)6)26(40)34-14-16-19(29(16,7)8)20(34)24(38)32-17(21(36)25(39)30-9)12-15-10-11-31-23(15)37/h15-17,19-20,22H,10-14H2,1-9H3,(H,30,39)(H,31,37)(H,32,38)(H,33,35)/t15-,16-,17-,19-,20-,22+/m0/s1. The van der Waals surface area contributed by atoms with Gasteiger partial charge in [-0.15, -0.1) is 0 Å². The number of rotatable bonds is 9. The Morgan fingerprint density at radius 2 is 1.68 bits per heavy atom. The minimum atomic E-state index is -1.20. The first-order valence-corrected chi connectivity index (χ1v) is 14.2. The van der Waals surface area contributed by atoms with Gasteiger partial charge < -0.3 is 26.2 Å². The maximum atomic E-state index is 14.0. The fourth-order valence-electron chi connectivity index (χ4n) is 6.25. The number of nitrogens with zero attached hydrogens (tertiary/aromatic N) is 1. The molecule has 0 aromatic carbocycles. The predicted octanol–water partition coefficient (Wildman–Crippen LogP) is 0.763. The van der Waals surface area contributed by atoms with Crippen LogP contribution >= 0.6 is 0 Å². The molecule has 0 spiro atoms. The molecule has 4 N–H and O–H groups in total. The van der Waals surface area contributed by atoms with E-state index in [1.165, 1.54) is 11.9 Å². The van der Waals surface area contributed by atoms with Crippen molar-refractivity contribution >= 4 is 35.3 Å². The predicted molar refractivity (Wildman–Crippen MR) is 148 cm³/mol. The molecule has 6 atom stereocenters. The summed E-state index contributed by atoms with van der Waals surface area (Å²) in [6.45, 7) is 16.4.